The normalized spacial score (nSPS) is 14.2. The van der Waals surface area contributed by atoms with E-state index in [1.54, 1.807) is 0 Å². The van der Waals surface area contributed by atoms with Crippen molar-refractivity contribution >= 4 is 39.5 Å². The van der Waals surface area contributed by atoms with Crippen LogP contribution in [0.1, 0.15) is 427 Å². The molecule has 0 aromatic rings. The highest BCUT2D eigenvalue weighted by molar-refractivity contribution is 7.47. The number of esters is 4. The highest BCUT2D eigenvalue weighted by Crippen LogP contribution is 2.45. The van der Waals surface area contributed by atoms with Crippen molar-refractivity contribution in [3.63, 3.8) is 0 Å². The number of hydrogen-bond donors (Lipinski definition) is 3. The van der Waals surface area contributed by atoms with E-state index in [1.807, 2.05) is 0 Å². The SMILES string of the molecule is CCCCCCCCCCCCCCCCCCCCCCC(=O)O[C@H](COC(=O)CCCCCCCCCCCCCCC(C)C)COP(=O)(O)OC[C@@H](O)COP(=O)(O)OC[C@@H](COC(=O)CCCCCCCCC(C)CC)OC(=O)CCCCCCCCCCCCCCCCC. The zero-order valence-corrected chi connectivity index (χ0v) is 67.3. The van der Waals surface area contributed by atoms with Crippen LogP contribution in [-0.4, -0.2) is 96.7 Å². The Bertz CT molecular complexity index is 1930. The van der Waals surface area contributed by atoms with E-state index in [9.17, 15) is 43.2 Å². The van der Waals surface area contributed by atoms with Crippen molar-refractivity contribution in [2.75, 3.05) is 39.6 Å². The van der Waals surface area contributed by atoms with Crippen LogP contribution in [0, 0.1) is 11.8 Å². The topological polar surface area (TPSA) is 237 Å². The van der Waals surface area contributed by atoms with Crippen molar-refractivity contribution in [1.82, 2.24) is 0 Å². The fraction of sp³-hybridized carbons (Fsp3) is 0.951. The molecule has 594 valence electrons. The molecule has 0 rings (SSSR count). The second-order valence-electron chi connectivity index (χ2n) is 29.9. The van der Waals surface area contributed by atoms with E-state index in [0.717, 1.165) is 108 Å². The summed E-state index contributed by atoms with van der Waals surface area (Å²) < 4.78 is 68.7. The van der Waals surface area contributed by atoms with Gasteiger partial charge in [-0.2, -0.15) is 0 Å². The lowest BCUT2D eigenvalue weighted by atomic mass is 10.00. The molecular weight excluding hydrogens is 1310 g/mol. The van der Waals surface area contributed by atoms with E-state index >= 15 is 0 Å². The van der Waals surface area contributed by atoms with Gasteiger partial charge in [0.1, 0.15) is 19.3 Å². The zero-order valence-electron chi connectivity index (χ0n) is 65.5. The number of unbranched alkanes of at least 4 members (excludes halogenated alkanes) is 49. The molecule has 0 aromatic heterocycles. The first-order chi connectivity index (χ1) is 48.4. The molecule has 0 saturated heterocycles. The second-order valence-corrected chi connectivity index (χ2v) is 32.8. The summed E-state index contributed by atoms with van der Waals surface area (Å²) in [6.45, 7) is 9.61. The average Bonchev–Trinajstić information content (AvgIpc) is 0.942. The molecule has 0 spiro atoms. The third-order valence-corrected chi connectivity index (χ3v) is 21.2. The van der Waals surface area contributed by atoms with Gasteiger partial charge in [-0.1, -0.05) is 375 Å². The first-order valence-corrected chi connectivity index (χ1v) is 45.0. The summed E-state index contributed by atoms with van der Waals surface area (Å²) in [7, 11) is -9.92. The number of carbonyl (C=O) groups excluding carboxylic acids is 4. The van der Waals surface area contributed by atoms with Gasteiger partial charge in [0.15, 0.2) is 12.2 Å². The summed E-state index contributed by atoms with van der Waals surface area (Å²) in [4.78, 5) is 73.0. The number of aliphatic hydroxyl groups excluding tert-OH is 1. The Kier molecular flexibility index (Phi) is 71.2. The Labute approximate surface area is 613 Å². The van der Waals surface area contributed by atoms with Gasteiger partial charge in [0.05, 0.1) is 26.4 Å². The van der Waals surface area contributed by atoms with Gasteiger partial charge in [0.25, 0.3) is 0 Å². The Hall–Kier alpha value is -1.94. The van der Waals surface area contributed by atoms with Crippen molar-refractivity contribution in [3.05, 3.63) is 0 Å². The molecule has 0 heterocycles. The molecule has 19 heteroatoms. The van der Waals surface area contributed by atoms with E-state index < -0.39 is 97.5 Å². The molecule has 0 aliphatic heterocycles. The van der Waals surface area contributed by atoms with Gasteiger partial charge in [-0.25, -0.2) is 9.13 Å². The predicted molar refractivity (Wildman–Crippen MR) is 409 cm³/mol. The fourth-order valence-electron chi connectivity index (χ4n) is 12.5. The lowest BCUT2D eigenvalue weighted by molar-refractivity contribution is -0.161. The molecule has 0 amide bonds. The molecule has 3 N–H and O–H groups in total. The van der Waals surface area contributed by atoms with E-state index in [-0.39, 0.29) is 25.7 Å². The average molecular weight is 1470 g/mol. The highest BCUT2D eigenvalue weighted by Gasteiger charge is 2.30. The Morgan fingerprint density at radius 3 is 0.760 bits per heavy atom. The van der Waals surface area contributed by atoms with Gasteiger partial charge >= 0.3 is 39.5 Å². The summed E-state index contributed by atoms with van der Waals surface area (Å²) in [5.74, 6) is -0.596. The van der Waals surface area contributed by atoms with Crippen LogP contribution in [0.2, 0.25) is 0 Å². The molecule has 0 aliphatic carbocycles. The van der Waals surface area contributed by atoms with Crippen molar-refractivity contribution in [2.45, 2.75) is 445 Å². The number of ether oxygens (including phenoxy) is 4. The monoisotopic (exact) mass is 1470 g/mol. The second kappa shape index (κ2) is 72.6. The number of rotatable bonds is 80. The number of hydrogen-bond acceptors (Lipinski definition) is 15. The van der Waals surface area contributed by atoms with Gasteiger partial charge in [-0.3, -0.25) is 37.3 Å². The van der Waals surface area contributed by atoms with Crippen molar-refractivity contribution in [1.29, 1.82) is 0 Å². The summed E-state index contributed by atoms with van der Waals surface area (Å²) in [5.41, 5.74) is 0. The summed E-state index contributed by atoms with van der Waals surface area (Å²) in [5, 5.41) is 10.6. The Morgan fingerprint density at radius 1 is 0.290 bits per heavy atom. The van der Waals surface area contributed by atoms with Crippen molar-refractivity contribution in [3.8, 4) is 0 Å². The summed E-state index contributed by atoms with van der Waals surface area (Å²) in [6.07, 6.45) is 62.5. The largest absolute Gasteiger partial charge is 0.472 e. The van der Waals surface area contributed by atoms with Gasteiger partial charge in [-0.15, -0.1) is 0 Å². The molecule has 17 nitrogen and oxygen atoms in total. The molecule has 0 bridgehead atoms. The lowest BCUT2D eigenvalue weighted by Crippen LogP contribution is -2.30. The molecule has 0 saturated carbocycles. The standard InChI is InChI=1S/C81H158O17P2/c1-7-10-12-14-16-18-20-22-24-25-26-27-28-30-32-38-42-46-54-60-65-80(85)97-76(69-91-78(83)63-57-51-44-40-36-34-33-35-39-43-49-55-61-73(4)5)71-95-99(87,88)93-67-75(82)68-94-100(89,90)96-72-77(70-92-79(84)64-58-52-48-47-50-56-62-74(6)9-3)98-81(86)66-59-53-45-41-37-31-29-23-21-19-17-15-13-11-8-2/h73-77,82H,7-72H2,1-6H3,(H,87,88)(H,89,90)/t74?,75-,76-,77-/m1/s1. The molecule has 6 atom stereocenters. The molecule has 100 heavy (non-hydrogen) atoms. The minimum absolute atomic E-state index is 0.107. The minimum atomic E-state index is -4.96. The van der Waals surface area contributed by atoms with Crippen LogP contribution in [0.15, 0.2) is 0 Å². The van der Waals surface area contributed by atoms with E-state index in [1.165, 1.54) is 238 Å². The maximum Gasteiger partial charge on any atom is 0.472 e. The highest BCUT2D eigenvalue weighted by atomic mass is 31.2. The minimum Gasteiger partial charge on any atom is -0.462 e. The molecule has 0 aliphatic rings. The van der Waals surface area contributed by atoms with Crippen LogP contribution in [-0.2, 0) is 65.4 Å². The lowest BCUT2D eigenvalue weighted by Gasteiger charge is -2.21. The third-order valence-electron chi connectivity index (χ3n) is 19.3. The maximum atomic E-state index is 13.1. The molecule has 3 unspecified atom stereocenters. The zero-order chi connectivity index (χ0) is 73.5. The maximum absolute atomic E-state index is 13.1. The van der Waals surface area contributed by atoms with E-state index in [2.05, 4.69) is 41.5 Å². The van der Waals surface area contributed by atoms with Crippen molar-refractivity contribution < 1.29 is 80.2 Å². The van der Waals surface area contributed by atoms with Crippen LogP contribution in [0.5, 0.6) is 0 Å². The third kappa shape index (κ3) is 73.0. The first-order valence-electron chi connectivity index (χ1n) is 42.0. The summed E-state index contributed by atoms with van der Waals surface area (Å²) >= 11 is 0. The number of phosphoric ester groups is 2. The number of aliphatic hydroxyl groups is 1. The Balaban J connectivity index is 5.23. The molecule has 0 fully saturated rings. The van der Waals surface area contributed by atoms with Crippen LogP contribution < -0.4 is 0 Å². The van der Waals surface area contributed by atoms with Crippen LogP contribution in [0.4, 0.5) is 0 Å². The van der Waals surface area contributed by atoms with Gasteiger partial charge in [0.2, 0.25) is 0 Å². The van der Waals surface area contributed by atoms with Gasteiger partial charge < -0.3 is 33.8 Å². The fourth-order valence-corrected chi connectivity index (χ4v) is 14.1. The molecular formula is C81H158O17P2. The smallest absolute Gasteiger partial charge is 0.462 e. The van der Waals surface area contributed by atoms with E-state index in [0.29, 0.717) is 25.7 Å². The van der Waals surface area contributed by atoms with E-state index in [4.69, 9.17) is 37.0 Å². The number of carbonyl (C=O) groups is 4. The molecule has 0 aromatic carbocycles. The van der Waals surface area contributed by atoms with Crippen molar-refractivity contribution in [2.24, 2.45) is 11.8 Å². The van der Waals surface area contributed by atoms with Crippen LogP contribution >= 0.6 is 15.6 Å². The first kappa shape index (κ1) is 98.1. The summed E-state index contributed by atoms with van der Waals surface area (Å²) in [6, 6.07) is 0. The quantitative estimate of drug-likeness (QED) is 0.0222. The van der Waals surface area contributed by atoms with Crippen LogP contribution in [0.3, 0.4) is 0 Å². The van der Waals surface area contributed by atoms with Gasteiger partial charge in [0, 0.05) is 25.7 Å². The van der Waals surface area contributed by atoms with Crippen LogP contribution in [0.25, 0.3) is 0 Å². The molecule has 0 radical (unpaired) electrons. The number of phosphoric acid groups is 2. The Morgan fingerprint density at radius 2 is 0.510 bits per heavy atom. The van der Waals surface area contributed by atoms with Gasteiger partial charge in [-0.05, 0) is 37.5 Å². The predicted octanol–water partition coefficient (Wildman–Crippen LogP) is 24.3.